The van der Waals surface area contributed by atoms with Gasteiger partial charge in [0.1, 0.15) is 0 Å². The molecule has 3 rings (SSSR count). The zero-order chi connectivity index (χ0) is 15.5. The fourth-order valence-electron chi connectivity index (χ4n) is 2.52. The number of fused-ring (bicyclic) bond motifs is 1. The monoisotopic (exact) mass is 292 g/mol. The third-order valence-corrected chi connectivity index (χ3v) is 3.65. The highest BCUT2D eigenvalue weighted by atomic mass is 16.5. The lowest BCUT2D eigenvalue weighted by molar-refractivity contribution is -0.607. The Morgan fingerprint density at radius 3 is 2.50 bits per heavy atom. The van der Waals surface area contributed by atoms with Crippen LogP contribution in [-0.2, 0) is 0 Å². The number of rotatable bonds is 3. The molecule has 0 atom stereocenters. The van der Waals surface area contributed by atoms with Crippen molar-refractivity contribution >= 4 is 22.4 Å². The number of hydrogen-bond donors (Lipinski definition) is 0. The topological polar surface area (TPSA) is 47.2 Å². The minimum Gasteiger partial charge on any atom is -0.618 e. The lowest BCUT2D eigenvalue weighted by Crippen LogP contribution is -2.41. The molecule has 0 fully saturated rings. The molecule has 0 radical (unpaired) electrons. The van der Waals surface area contributed by atoms with Gasteiger partial charge in [0.2, 0.25) is 0 Å². The molecule has 110 valence electrons. The second-order valence-corrected chi connectivity index (χ2v) is 4.99. The van der Waals surface area contributed by atoms with Crippen LogP contribution >= 0.6 is 0 Å². The van der Waals surface area contributed by atoms with Gasteiger partial charge in [-0.2, -0.15) is 4.73 Å². The van der Waals surface area contributed by atoms with Gasteiger partial charge in [0.05, 0.1) is 0 Å². The summed E-state index contributed by atoms with van der Waals surface area (Å²) in [6.45, 7) is 2.39. The molecule has 1 aromatic heterocycles. The molecular weight excluding hydrogens is 276 g/mol. The fourth-order valence-corrected chi connectivity index (χ4v) is 2.52. The van der Waals surface area contributed by atoms with E-state index in [9.17, 15) is 10.0 Å². The molecule has 0 saturated heterocycles. The van der Waals surface area contributed by atoms with E-state index in [1.807, 2.05) is 49.4 Å². The van der Waals surface area contributed by atoms with E-state index in [1.54, 1.807) is 23.1 Å². The van der Waals surface area contributed by atoms with Crippen LogP contribution in [0.1, 0.15) is 17.4 Å². The van der Waals surface area contributed by atoms with Crippen LogP contribution in [0.25, 0.3) is 10.8 Å². The van der Waals surface area contributed by atoms with Crippen molar-refractivity contribution in [1.29, 1.82) is 0 Å². The van der Waals surface area contributed by atoms with E-state index in [4.69, 9.17) is 0 Å². The molecule has 0 spiro atoms. The second kappa shape index (κ2) is 5.85. The third-order valence-electron chi connectivity index (χ3n) is 3.65. The zero-order valence-electron chi connectivity index (χ0n) is 12.3. The summed E-state index contributed by atoms with van der Waals surface area (Å²) in [6, 6.07) is 18.7. The SMILES string of the molecule is CCN(C(=O)c1cccc[n+]1[O-])c1ccc2ccccc2c1. The first-order valence-electron chi connectivity index (χ1n) is 7.19. The molecule has 4 nitrogen and oxygen atoms in total. The van der Waals surface area contributed by atoms with Gasteiger partial charge in [-0.05, 0) is 35.9 Å². The van der Waals surface area contributed by atoms with Gasteiger partial charge in [0.15, 0.2) is 6.20 Å². The van der Waals surface area contributed by atoms with Gasteiger partial charge in [-0.1, -0.05) is 30.3 Å². The molecule has 4 heteroatoms. The molecule has 1 amide bonds. The molecule has 0 aliphatic heterocycles. The Hall–Kier alpha value is -2.88. The van der Waals surface area contributed by atoms with Crippen LogP contribution < -0.4 is 9.63 Å². The highest BCUT2D eigenvalue weighted by Crippen LogP contribution is 2.23. The van der Waals surface area contributed by atoms with Gasteiger partial charge < -0.3 is 10.1 Å². The standard InChI is InChI=1S/C18H16N2O2/c1-2-19(18(21)17-9-5-6-12-20(17)22)16-11-10-14-7-3-4-8-15(14)13-16/h3-13H,2H2,1H3. The summed E-state index contributed by atoms with van der Waals surface area (Å²) in [5, 5.41) is 14.0. The number of nitrogens with zero attached hydrogens (tertiary/aromatic N) is 2. The van der Waals surface area contributed by atoms with Crippen molar-refractivity contribution in [2.24, 2.45) is 0 Å². The number of benzene rings is 2. The smallest absolute Gasteiger partial charge is 0.324 e. The maximum absolute atomic E-state index is 12.6. The van der Waals surface area contributed by atoms with E-state index in [2.05, 4.69) is 0 Å². The van der Waals surface area contributed by atoms with Gasteiger partial charge in [0, 0.05) is 24.4 Å². The minimum atomic E-state index is -0.298. The Bertz CT molecular complexity index is 830. The summed E-state index contributed by atoms with van der Waals surface area (Å²) in [4.78, 5) is 14.2. The molecule has 0 N–H and O–H groups in total. The first kappa shape index (κ1) is 14.1. The number of amides is 1. The first-order valence-corrected chi connectivity index (χ1v) is 7.19. The zero-order valence-corrected chi connectivity index (χ0v) is 12.3. The lowest BCUT2D eigenvalue weighted by Gasteiger charge is -2.20. The molecule has 0 aliphatic rings. The average Bonchev–Trinajstić information content (AvgIpc) is 2.55. The molecule has 22 heavy (non-hydrogen) atoms. The van der Waals surface area contributed by atoms with Crippen molar-refractivity contribution in [3.63, 3.8) is 0 Å². The van der Waals surface area contributed by atoms with Gasteiger partial charge in [-0.15, -0.1) is 0 Å². The Morgan fingerprint density at radius 2 is 1.77 bits per heavy atom. The normalized spacial score (nSPS) is 10.6. The Kier molecular flexibility index (Phi) is 3.74. The molecule has 0 bridgehead atoms. The lowest BCUT2D eigenvalue weighted by atomic mass is 10.1. The van der Waals surface area contributed by atoms with E-state index in [0.29, 0.717) is 11.3 Å². The van der Waals surface area contributed by atoms with Crippen LogP contribution in [0.4, 0.5) is 5.69 Å². The maximum atomic E-state index is 12.6. The van der Waals surface area contributed by atoms with E-state index < -0.39 is 0 Å². The van der Waals surface area contributed by atoms with Crippen molar-refractivity contribution < 1.29 is 9.52 Å². The number of aromatic nitrogens is 1. The maximum Gasteiger partial charge on any atom is 0.324 e. The second-order valence-electron chi connectivity index (χ2n) is 4.99. The molecule has 0 unspecified atom stereocenters. The third kappa shape index (κ3) is 2.51. The van der Waals surface area contributed by atoms with E-state index >= 15 is 0 Å². The van der Waals surface area contributed by atoms with Gasteiger partial charge in [-0.3, -0.25) is 4.79 Å². The largest absolute Gasteiger partial charge is 0.618 e. The van der Waals surface area contributed by atoms with E-state index in [-0.39, 0.29) is 11.6 Å². The van der Waals surface area contributed by atoms with Gasteiger partial charge in [-0.25, -0.2) is 0 Å². The number of anilines is 1. The van der Waals surface area contributed by atoms with Crippen molar-refractivity contribution in [2.75, 3.05) is 11.4 Å². The van der Waals surface area contributed by atoms with Crippen LogP contribution in [0.2, 0.25) is 0 Å². The van der Waals surface area contributed by atoms with E-state index in [0.717, 1.165) is 16.5 Å². The summed E-state index contributed by atoms with van der Waals surface area (Å²) in [7, 11) is 0. The quantitative estimate of drug-likeness (QED) is 0.550. The fraction of sp³-hybridized carbons (Fsp3) is 0.111. The van der Waals surface area contributed by atoms with Crippen molar-refractivity contribution in [3.05, 3.63) is 77.8 Å². The highest BCUT2D eigenvalue weighted by Gasteiger charge is 2.22. The molecule has 3 aromatic rings. The first-order chi connectivity index (χ1) is 10.7. The molecule has 2 aromatic carbocycles. The van der Waals surface area contributed by atoms with E-state index in [1.165, 1.54) is 6.20 Å². The summed E-state index contributed by atoms with van der Waals surface area (Å²) in [6.07, 6.45) is 1.33. The number of carbonyl (C=O) groups excluding carboxylic acids is 1. The van der Waals surface area contributed by atoms with Gasteiger partial charge >= 0.3 is 5.91 Å². The van der Waals surface area contributed by atoms with Crippen molar-refractivity contribution in [3.8, 4) is 0 Å². The van der Waals surface area contributed by atoms with Crippen LogP contribution in [0.5, 0.6) is 0 Å². The van der Waals surface area contributed by atoms with Crippen LogP contribution in [0, 0.1) is 5.21 Å². The minimum absolute atomic E-state index is 0.123. The molecule has 0 saturated carbocycles. The van der Waals surface area contributed by atoms with Crippen LogP contribution in [-0.4, -0.2) is 12.5 Å². The number of hydrogen-bond acceptors (Lipinski definition) is 2. The van der Waals surface area contributed by atoms with Crippen LogP contribution in [0.15, 0.2) is 66.9 Å². The summed E-state index contributed by atoms with van der Waals surface area (Å²) in [5.41, 5.74) is 0.910. The Labute approximate surface area is 128 Å². The Morgan fingerprint density at radius 1 is 1.05 bits per heavy atom. The Balaban J connectivity index is 2.02. The molecular formula is C18H16N2O2. The summed E-state index contributed by atoms with van der Waals surface area (Å²) in [5.74, 6) is -0.298. The predicted molar refractivity (Wildman–Crippen MR) is 86.7 cm³/mol. The predicted octanol–water partition coefficient (Wildman–Crippen LogP) is 3.14. The number of pyridine rings is 1. The summed E-state index contributed by atoms with van der Waals surface area (Å²) < 4.78 is 0.603. The molecule has 0 aliphatic carbocycles. The highest BCUT2D eigenvalue weighted by molar-refractivity contribution is 6.04. The molecule has 1 heterocycles. The van der Waals surface area contributed by atoms with Crippen LogP contribution in [0.3, 0.4) is 0 Å². The number of carbonyl (C=O) groups is 1. The van der Waals surface area contributed by atoms with Gasteiger partial charge in [0.25, 0.3) is 5.69 Å². The average molecular weight is 292 g/mol. The van der Waals surface area contributed by atoms with Crippen molar-refractivity contribution in [2.45, 2.75) is 6.92 Å². The van der Waals surface area contributed by atoms with Crippen molar-refractivity contribution in [1.82, 2.24) is 0 Å². The summed E-state index contributed by atoms with van der Waals surface area (Å²) >= 11 is 0.